The van der Waals surface area contributed by atoms with Gasteiger partial charge in [-0.2, -0.15) is 0 Å². The summed E-state index contributed by atoms with van der Waals surface area (Å²) in [5.41, 5.74) is 0.664. The van der Waals surface area contributed by atoms with Crippen LogP contribution in [0.25, 0.3) is 0 Å². The molecule has 0 aliphatic rings. The van der Waals surface area contributed by atoms with Crippen LogP contribution in [0.3, 0.4) is 0 Å². The molecule has 0 saturated carbocycles. The topological polar surface area (TPSA) is 21.3 Å². The van der Waals surface area contributed by atoms with Crippen LogP contribution in [0.15, 0.2) is 22.7 Å². The lowest BCUT2D eigenvalue weighted by atomic mass is 10.1. The van der Waals surface area contributed by atoms with Gasteiger partial charge in [-0.3, -0.25) is 0 Å². The Morgan fingerprint density at radius 3 is 2.75 bits per heavy atom. The highest BCUT2D eigenvalue weighted by atomic mass is 79.9. The maximum Gasteiger partial charge on any atom is 0.128 e. The molecule has 4 heteroatoms. The van der Waals surface area contributed by atoms with Gasteiger partial charge in [0.05, 0.1) is 6.61 Å². The number of ether oxygens (including phenoxy) is 1. The summed E-state index contributed by atoms with van der Waals surface area (Å²) in [5.74, 6) is -0.187. The van der Waals surface area contributed by atoms with Crippen molar-refractivity contribution >= 4 is 15.9 Å². The molecule has 0 heterocycles. The third kappa shape index (κ3) is 3.85. The summed E-state index contributed by atoms with van der Waals surface area (Å²) in [6, 6.07) is 5.12. The maximum atomic E-state index is 13.6. The van der Waals surface area contributed by atoms with E-state index in [2.05, 4.69) is 21.2 Å². The number of nitrogens with one attached hydrogen (secondary N) is 1. The lowest BCUT2D eigenvalue weighted by Gasteiger charge is -2.20. The van der Waals surface area contributed by atoms with Crippen LogP contribution in [0.1, 0.15) is 25.5 Å². The summed E-state index contributed by atoms with van der Waals surface area (Å²) in [4.78, 5) is 0. The molecule has 0 saturated heterocycles. The molecule has 0 aromatic heterocycles. The first-order valence-corrected chi connectivity index (χ1v) is 6.03. The third-order valence-electron chi connectivity index (χ3n) is 2.38. The van der Waals surface area contributed by atoms with E-state index in [1.54, 1.807) is 19.2 Å². The molecule has 0 aliphatic heterocycles. The molecular weight excluding hydrogens is 273 g/mol. The Hall–Kier alpha value is -0.450. The normalized spacial score (nSPS) is 14.8. The number of hydrogen-bond acceptors (Lipinski definition) is 2. The van der Waals surface area contributed by atoms with E-state index in [1.165, 1.54) is 6.07 Å². The highest BCUT2D eigenvalue weighted by molar-refractivity contribution is 9.10. The van der Waals surface area contributed by atoms with Crippen LogP contribution in [-0.4, -0.2) is 19.8 Å². The van der Waals surface area contributed by atoms with Gasteiger partial charge >= 0.3 is 0 Å². The molecule has 0 radical (unpaired) electrons. The molecule has 2 unspecified atom stereocenters. The Bertz CT molecular complexity index is 346. The van der Waals surface area contributed by atoms with Crippen molar-refractivity contribution < 1.29 is 9.13 Å². The predicted molar refractivity (Wildman–Crippen MR) is 67.0 cm³/mol. The van der Waals surface area contributed by atoms with Crippen LogP contribution in [0.2, 0.25) is 0 Å². The van der Waals surface area contributed by atoms with Crippen molar-refractivity contribution in [1.29, 1.82) is 0 Å². The van der Waals surface area contributed by atoms with E-state index < -0.39 is 0 Å². The van der Waals surface area contributed by atoms with Crippen molar-refractivity contribution in [3.63, 3.8) is 0 Å². The molecule has 0 amide bonds. The Labute approximate surface area is 104 Å². The van der Waals surface area contributed by atoms with E-state index in [0.717, 1.165) is 4.47 Å². The monoisotopic (exact) mass is 289 g/mol. The van der Waals surface area contributed by atoms with Gasteiger partial charge in [-0.15, -0.1) is 0 Å². The second kappa shape index (κ2) is 6.33. The average Bonchev–Trinajstić information content (AvgIpc) is 2.21. The number of rotatable bonds is 5. The van der Waals surface area contributed by atoms with Crippen LogP contribution in [0.5, 0.6) is 0 Å². The molecule has 0 bridgehead atoms. The van der Waals surface area contributed by atoms with E-state index >= 15 is 0 Å². The first-order chi connectivity index (χ1) is 7.54. The fourth-order valence-electron chi connectivity index (χ4n) is 1.66. The Kier molecular flexibility index (Phi) is 5.38. The molecule has 1 aromatic carbocycles. The van der Waals surface area contributed by atoms with E-state index in [-0.39, 0.29) is 17.9 Å². The Balaban J connectivity index is 2.72. The smallest absolute Gasteiger partial charge is 0.128 e. The van der Waals surface area contributed by atoms with Gasteiger partial charge in [0, 0.05) is 29.2 Å². The molecule has 90 valence electrons. The van der Waals surface area contributed by atoms with Gasteiger partial charge in [0.1, 0.15) is 5.82 Å². The zero-order valence-corrected chi connectivity index (χ0v) is 11.3. The molecular formula is C12H17BrFNO. The quantitative estimate of drug-likeness (QED) is 0.898. The summed E-state index contributed by atoms with van der Waals surface area (Å²) in [6.45, 7) is 4.56. The molecule has 1 N–H and O–H groups in total. The Morgan fingerprint density at radius 1 is 1.44 bits per heavy atom. The molecule has 0 spiro atoms. The highest BCUT2D eigenvalue weighted by Crippen LogP contribution is 2.21. The summed E-state index contributed by atoms with van der Waals surface area (Å²) < 4.78 is 19.5. The molecule has 16 heavy (non-hydrogen) atoms. The number of benzene rings is 1. The molecule has 0 aliphatic carbocycles. The van der Waals surface area contributed by atoms with E-state index in [4.69, 9.17) is 4.74 Å². The molecule has 0 fully saturated rings. The molecule has 1 rings (SSSR count). The fraction of sp³-hybridized carbons (Fsp3) is 0.500. The largest absolute Gasteiger partial charge is 0.383 e. The van der Waals surface area contributed by atoms with Crippen LogP contribution in [0.4, 0.5) is 4.39 Å². The van der Waals surface area contributed by atoms with Crippen molar-refractivity contribution in [3.8, 4) is 0 Å². The van der Waals surface area contributed by atoms with Crippen LogP contribution >= 0.6 is 15.9 Å². The van der Waals surface area contributed by atoms with Gasteiger partial charge in [0.15, 0.2) is 0 Å². The predicted octanol–water partition coefficient (Wildman–Crippen LogP) is 3.27. The Morgan fingerprint density at radius 2 is 2.12 bits per heavy atom. The lowest BCUT2D eigenvalue weighted by Crippen LogP contribution is -2.32. The minimum atomic E-state index is -0.187. The van der Waals surface area contributed by atoms with Crippen molar-refractivity contribution in [2.24, 2.45) is 0 Å². The number of methoxy groups -OCH3 is 1. The summed E-state index contributed by atoms with van der Waals surface area (Å²) in [6.07, 6.45) is 0. The maximum absolute atomic E-state index is 13.6. The SMILES string of the molecule is COCC(C)NC(C)c1cc(Br)ccc1F. The zero-order chi connectivity index (χ0) is 12.1. The zero-order valence-electron chi connectivity index (χ0n) is 9.76. The van der Waals surface area contributed by atoms with Gasteiger partial charge in [0.25, 0.3) is 0 Å². The minimum absolute atomic E-state index is 0.0392. The van der Waals surface area contributed by atoms with E-state index in [1.807, 2.05) is 13.8 Å². The molecule has 2 nitrogen and oxygen atoms in total. The summed E-state index contributed by atoms with van der Waals surface area (Å²) in [5, 5.41) is 3.28. The van der Waals surface area contributed by atoms with E-state index in [9.17, 15) is 4.39 Å². The highest BCUT2D eigenvalue weighted by Gasteiger charge is 2.13. The van der Waals surface area contributed by atoms with Gasteiger partial charge in [-0.1, -0.05) is 15.9 Å². The summed E-state index contributed by atoms with van der Waals surface area (Å²) in [7, 11) is 1.66. The number of halogens is 2. The third-order valence-corrected chi connectivity index (χ3v) is 2.87. The molecule has 2 atom stereocenters. The second-order valence-corrected chi connectivity index (χ2v) is 4.83. The van der Waals surface area contributed by atoms with Gasteiger partial charge in [-0.25, -0.2) is 4.39 Å². The van der Waals surface area contributed by atoms with Gasteiger partial charge in [-0.05, 0) is 32.0 Å². The van der Waals surface area contributed by atoms with Crippen molar-refractivity contribution in [1.82, 2.24) is 5.32 Å². The lowest BCUT2D eigenvalue weighted by molar-refractivity contribution is 0.167. The van der Waals surface area contributed by atoms with Crippen LogP contribution in [0, 0.1) is 5.82 Å². The first-order valence-electron chi connectivity index (χ1n) is 5.24. The standard InChI is InChI=1S/C12H17BrFNO/c1-8(7-16-3)15-9(2)11-6-10(13)4-5-12(11)14/h4-6,8-9,15H,7H2,1-3H3. The van der Waals surface area contributed by atoms with Crippen molar-refractivity contribution in [2.75, 3.05) is 13.7 Å². The van der Waals surface area contributed by atoms with Crippen LogP contribution < -0.4 is 5.32 Å². The minimum Gasteiger partial charge on any atom is -0.383 e. The second-order valence-electron chi connectivity index (χ2n) is 3.91. The van der Waals surface area contributed by atoms with Gasteiger partial charge in [0.2, 0.25) is 0 Å². The first kappa shape index (κ1) is 13.6. The number of hydrogen-bond donors (Lipinski definition) is 1. The fourth-order valence-corrected chi connectivity index (χ4v) is 2.04. The summed E-state index contributed by atoms with van der Waals surface area (Å²) >= 11 is 3.34. The average molecular weight is 290 g/mol. The van der Waals surface area contributed by atoms with Crippen molar-refractivity contribution in [3.05, 3.63) is 34.1 Å². The van der Waals surface area contributed by atoms with Gasteiger partial charge < -0.3 is 10.1 Å². The van der Waals surface area contributed by atoms with Crippen LogP contribution in [-0.2, 0) is 4.74 Å². The molecule has 1 aromatic rings. The van der Waals surface area contributed by atoms with E-state index in [0.29, 0.717) is 12.2 Å². The van der Waals surface area contributed by atoms with Crippen molar-refractivity contribution in [2.45, 2.75) is 25.9 Å².